The van der Waals surface area contributed by atoms with Gasteiger partial charge in [-0.1, -0.05) is 10.3 Å². The molecule has 0 bridgehead atoms. The minimum Gasteiger partial charge on any atom is -0.351 e. The van der Waals surface area contributed by atoms with Gasteiger partial charge in [0.25, 0.3) is 5.89 Å². The Labute approximate surface area is 98.4 Å². The number of hydrogen-bond acceptors (Lipinski definition) is 6. The molecule has 0 amide bonds. The lowest BCUT2D eigenvalue weighted by Gasteiger charge is -2.18. The third-order valence-corrected chi connectivity index (χ3v) is 2.98. The smallest absolute Gasteiger partial charge is 0.296 e. The molecule has 3 rings (SSSR count). The van der Waals surface area contributed by atoms with E-state index in [1.54, 1.807) is 6.07 Å². The number of nitrogens with one attached hydrogen (secondary N) is 1. The van der Waals surface area contributed by atoms with Crippen LogP contribution in [0.5, 0.6) is 0 Å². The van der Waals surface area contributed by atoms with Crippen molar-refractivity contribution in [1.82, 2.24) is 20.6 Å². The van der Waals surface area contributed by atoms with Gasteiger partial charge in [-0.25, -0.2) is 0 Å². The lowest BCUT2D eigenvalue weighted by Crippen LogP contribution is -2.27. The molecule has 1 saturated heterocycles. The van der Waals surface area contributed by atoms with Gasteiger partial charge in [0.2, 0.25) is 5.76 Å². The summed E-state index contributed by atoms with van der Waals surface area (Å²) in [6, 6.07) is 1.79. The van der Waals surface area contributed by atoms with E-state index in [9.17, 15) is 0 Å². The van der Waals surface area contributed by atoms with Crippen LogP contribution in [0.3, 0.4) is 0 Å². The molecule has 0 unspecified atom stereocenters. The molecule has 1 aliphatic heterocycles. The van der Waals surface area contributed by atoms with Gasteiger partial charge in [-0.3, -0.25) is 0 Å². The normalized spacial score (nSPS) is 17.5. The lowest BCUT2D eigenvalue weighted by atomic mass is 9.98. The molecule has 1 aliphatic rings. The maximum Gasteiger partial charge on any atom is 0.296 e. The van der Waals surface area contributed by atoms with Gasteiger partial charge in [0, 0.05) is 12.0 Å². The van der Waals surface area contributed by atoms with E-state index in [-0.39, 0.29) is 0 Å². The summed E-state index contributed by atoms with van der Waals surface area (Å²) in [4.78, 5) is 4.38. The van der Waals surface area contributed by atoms with Crippen molar-refractivity contribution in [3.05, 3.63) is 17.6 Å². The number of rotatable bonds is 2. The highest BCUT2D eigenvalue weighted by molar-refractivity contribution is 5.43. The summed E-state index contributed by atoms with van der Waals surface area (Å²) in [5.41, 5.74) is 0.807. The van der Waals surface area contributed by atoms with Crippen LogP contribution in [0.25, 0.3) is 11.7 Å². The molecular weight excluding hydrogens is 220 g/mol. The van der Waals surface area contributed by atoms with Crippen LogP contribution < -0.4 is 5.32 Å². The fourth-order valence-electron chi connectivity index (χ4n) is 2.05. The zero-order valence-electron chi connectivity index (χ0n) is 9.64. The fourth-order valence-corrected chi connectivity index (χ4v) is 2.05. The van der Waals surface area contributed by atoms with E-state index in [4.69, 9.17) is 9.05 Å². The van der Waals surface area contributed by atoms with Gasteiger partial charge in [0.1, 0.15) is 0 Å². The first kappa shape index (κ1) is 10.5. The Morgan fingerprint density at radius 1 is 1.24 bits per heavy atom. The highest BCUT2D eigenvalue weighted by Crippen LogP contribution is 2.25. The summed E-state index contributed by atoms with van der Waals surface area (Å²) >= 11 is 0. The second-order valence-electron chi connectivity index (χ2n) is 4.31. The molecule has 1 fully saturated rings. The van der Waals surface area contributed by atoms with Gasteiger partial charge in [0.05, 0.1) is 5.69 Å². The van der Waals surface area contributed by atoms with Crippen LogP contribution >= 0.6 is 0 Å². The Morgan fingerprint density at radius 3 is 2.76 bits per heavy atom. The lowest BCUT2D eigenvalue weighted by molar-refractivity contribution is 0.370. The first-order valence-electron chi connectivity index (χ1n) is 5.81. The molecule has 0 aliphatic carbocycles. The van der Waals surface area contributed by atoms with Crippen molar-refractivity contribution >= 4 is 0 Å². The van der Waals surface area contributed by atoms with Crippen LogP contribution in [0.15, 0.2) is 15.1 Å². The standard InChI is InChI=1S/C11H14N4O2/c1-7-6-9(16-14-7)11-13-10(15-17-11)8-2-4-12-5-3-8/h6,8,12H,2-5H2,1H3. The van der Waals surface area contributed by atoms with Crippen LogP contribution in [-0.4, -0.2) is 28.4 Å². The van der Waals surface area contributed by atoms with E-state index in [0.717, 1.165) is 37.4 Å². The number of hydrogen-bond donors (Lipinski definition) is 1. The van der Waals surface area contributed by atoms with E-state index in [1.807, 2.05) is 6.92 Å². The molecule has 0 aromatic carbocycles. The van der Waals surface area contributed by atoms with Crippen LogP contribution in [0, 0.1) is 6.92 Å². The van der Waals surface area contributed by atoms with E-state index >= 15 is 0 Å². The Morgan fingerprint density at radius 2 is 2.06 bits per heavy atom. The molecule has 17 heavy (non-hydrogen) atoms. The second-order valence-corrected chi connectivity index (χ2v) is 4.31. The Bertz CT molecular complexity index is 499. The topological polar surface area (TPSA) is 77.0 Å². The molecule has 0 radical (unpaired) electrons. The maximum atomic E-state index is 5.20. The highest BCUT2D eigenvalue weighted by atomic mass is 16.5. The first-order chi connectivity index (χ1) is 8.33. The molecule has 0 atom stereocenters. The Balaban J connectivity index is 1.82. The second kappa shape index (κ2) is 4.29. The predicted octanol–water partition coefficient (Wildman–Crippen LogP) is 1.50. The van der Waals surface area contributed by atoms with Crippen LogP contribution in [0.4, 0.5) is 0 Å². The molecular formula is C11H14N4O2. The molecule has 6 nitrogen and oxygen atoms in total. The van der Waals surface area contributed by atoms with Gasteiger partial charge < -0.3 is 14.4 Å². The van der Waals surface area contributed by atoms with Crippen molar-refractivity contribution in [3.8, 4) is 11.7 Å². The van der Waals surface area contributed by atoms with E-state index in [0.29, 0.717) is 17.6 Å². The van der Waals surface area contributed by atoms with Gasteiger partial charge in [0.15, 0.2) is 5.82 Å². The predicted molar refractivity (Wildman–Crippen MR) is 59.4 cm³/mol. The summed E-state index contributed by atoms with van der Waals surface area (Å²) in [6.45, 7) is 3.88. The number of piperidine rings is 1. The Hall–Kier alpha value is -1.69. The largest absolute Gasteiger partial charge is 0.351 e. The summed E-state index contributed by atoms with van der Waals surface area (Å²) in [5, 5.41) is 11.1. The van der Waals surface area contributed by atoms with Gasteiger partial charge in [-0.05, 0) is 32.9 Å². The van der Waals surface area contributed by atoms with Crippen LogP contribution in [0.1, 0.15) is 30.3 Å². The van der Waals surface area contributed by atoms with Crippen molar-refractivity contribution in [2.24, 2.45) is 0 Å². The van der Waals surface area contributed by atoms with E-state index in [2.05, 4.69) is 20.6 Å². The fraction of sp³-hybridized carbons (Fsp3) is 0.545. The molecule has 1 N–H and O–H groups in total. The monoisotopic (exact) mass is 234 g/mol. The SMILES string of the molecule is Cc1cc(-c2nc(C3CCNCC3)no2)on1. The minimum atomic E-state index is 0.387. The highest BCUT2D eigenvalue weighted by Gasteiger charge is 2.22. The number of nitrogens with zero attached hydrogens (tertiary/aromatic N) is 3. The first-order valence-corrected chi connectivity index (χ1v) is 5.81. The summed E-state index contributed by atoms with van der Waals surface area (Å²) in [7, 11) is 0. The van der Waals surface area contributed by atoms with Crippen LogP contribution in [0.2, 0.25) is 0 Å². The maximum absolute atomic E-state index is 5.20. The van der Waals surface area contributed by atoms with Crippen molar-refractivity contribution in [2.75, 3.05) is 13.1 Å². The molecule has 0 spiro atoms. The van der Waals surface area contributed by atoms with Crippen molar-refractivity contribution in [3.63, 3.8) is 0 Å². The van der Waals surface area contributed by atoms with Gasteiger partial charge in [-0.15, -0.1) is 0 Å². The van der Waals surface area contributed by atoms with Crippen LogP contribution in [-0.2, 0) is 0 Å². The zero-order valence-corrected chi connectivity index (χ0v) is 9.64. The molecule has 0 saturated carbocycles. The summed E-state index contributed by atoms with van der Waals surface area (Å²) < 4.78 is 10.3. The molecule has 3 heterocycles. The third-order valence-electron chi connectivity index (χ3n) is 2.98. The van der Waals surface area contributed by atoms with Gasteiger partial charge >= 0.3 is 0 Å². The average Bonchev–Trinajstić information content (AvgIpc) is 2.98. The average molecular weight is 234 g/mol. The Kier molecular flexibility index (Phi) is 2.64. The third kappa shape index (κ3) is 2.08. The minimum absolute atomic E-state index is 0.387. The molecule has 2 aromatic rings. The summed E-state index contributed by atoms with van der Waals surface area (Å²) in [6.07, 6.45) is 2.10. The van der Waals surface area contributed by atoms with Crippen molar-refractivity contribution in [2.45, 2.75) is 25.7 Å². The van der Waals surface area contributed by atoms with Gasteiger partial charge in [-0.2, -0.15) is 4.98 Å². The number of aromatic nitrogens is 3. The van der Waals surface area contributed by atoms with Crippen molar-refractivity contribution in [1.29, 1.82) is 0 Å². The molecule has 2 aromatic heterocycles. The quantitative estimate of drug-likeness (QED) is 0.848. The van der Waals surface area contributed by atoms with E-state index < -0.39 is 0 Å². The van der Waals surface area contributed by atoms with E-state index in [1.165, 1.54) is 0 Å². The summed E-state index contributed by atoms with van der Waals surface area (Å²) in [5.74, 6) is 2.11. The molecule has 90 valence electrons. The molecule has 6 heteroatoms. The van der Waals surface area contributed by atoms with Crippen molar-refractivity contribution < 1.29 is 9.05 Å². The zero-order chi connectivity index (χ0) is 11.7. The number of aryl methyl sites for hydroxylation is 1.